The van der Waals surface area contributed by atoms with Crippen molar-refractivity contribution in [2.75, 3.05) is 46.6 Å². The lowest BCUT2D eigenvalue weighted by atomic mass is 10.1. The zero-order valence-electron chi connectivity index (χ0n) is 16.9. The maximum atomic E-state index is 5.92. The summed E-state index contributed by atoms with van der Waals surface area (Å²) >= 11 is 0. The molecule has 156 valence electrons. The van der Waals surface area contributed by atoms with E-state index in [-0.39, 0.29) is 24.0 Å². The van der Waals surface area contributed by atoms with Crippen LogP contribution >= 0.6 is 24.0 Å². The summed E-state index contributed by atoms with van der Waals surface area (Å²) in [7, 11) is 2.03. The Morgan fingerprint density at radius 2 is 2.21 bits per heavy atom. The normalized spacial score (nSPS) is 16.9. The van der Waals surface area contributed by atoms with Crippen LogP contribution in [0, 0.1) is 5.92 Å². The Balaban J connectivity index is 0.00000280. The number of hydrogen-bond donors (Lipinski definition) is 1. The van der Waals surface area contributed by atoms with Crippen molar-refractivity contribution >= 4 is 40.9 Å². The van der Waals surface area contributed by atoms with Crippen LogP contribution in [0.15, 0.2) is 39.7 Å². The first-order valence-corrected chi connectivity index (χ1v) is 9.88. The molecule has 1 aliphatic rings. The number of ether oxygens (including phenoxy) is 2. The Kier molecular flexibility index (Phi) is 10.1. The minimum atomic E-state index is 0. The van der Waals surface area contributed by atoms with Gasteiger partial charge < -0.3 is 24.1 Å². The predicted molar refractivity (Wildman–Crippen MR) is 123 cm³/mol. The van der Waals surface area contributed by atoms with Gasteiger partial charge in [0.15, 0.2) is 5.96 Å². The number of benzene rings is 1. The van der Waals surface area contributed by atoms with Gasteiger partial charge in [-0.05, 0) is 31.9 Å². The molecule has 3 rings (SSSR count). The molecule has 1 atom stereocenters. The van der Waals surface area contributed by atoms with Crippen molar-refractivity contribution in [2.45, 2.75) is 26.3 Å². The van der Waals surface area contributed by atoms with Gasteiger partial charge in [0.25, 0.3) is 0 Å². The van der Waals surface area contributed by atoms with Gasteiger partial charge in [0.1, 0.15) is 11.3 Å². The van der Waals surface area contributed by atoms with Crippen molar-refractivity contribution in [3.63, 3.8) is 0 Å². The molecule has 1 aliphatic heterocycles. The van der Waals surface area contributed by atoms with E-state index >= 15 is 0 Å². The third-order valence-electron chi connectivity index (χ3n) is 4.65. The Morgan fingerprint density at radius 3 is 2.96 bits per heavy atom. The predicted octanol–water partition coefficient (Wildman–Crippen LogP) is 3.89. The number of aliphatic imine (C=N–C) groups is 1. The molecule has 1 aromatic heterocycles. The lowest BCUT2D eigenvalue weighted by Gasteiger charge is -2.21. The highest BCUT2D eigenvalue weighted by atomic mass is 127. The molecule has 1 aromatic carbocycles. The topological polar surface area (TPSA) is 59.2 Å². The average Bonchev–Trinajstić information content (AvgIpc) is 3.32. The maximum absolute atomic E-state index is 5.92. The van der Waals surface area contributed by atoms with Crippen LogP contribution < -0.4 is 5.32 Å². The van der Waals surface area contributed by atoms with Gasteiger partial charge >= 0.3 is 0 Å². The van der Waals surface area contributed by atoms with E-state index in [1.165, 1.54) is 0 Å². The van der Waals surface area contributed by atoms with E-state index in [4.69, 9.17) is 18.9 Å². The lowest BCUT2D eigenvalue weighted by Crippen LogP contribution is -2.38. The third kappa shape index (κ3) is 6.93. The van der Waals surface area contributed by atoms with Crippen LogP contribution in [0.1, 0.15) is 25.5 Å². The quantitative estimate of drug-likeness (QED) is 0.245. The number of nitrogens with one attached hydrogen (secondary N) is 1. The van der Waals surface area contributed by atoms with E-state index in [9.17, 15) is 0 Å². The summed E-state index contributed by atoms with van der Waals surface area (Å²) in [5.74, 6) is 2.40. The van der Waals surface area contributed by atoms with E-state index < -0.39 is 0 Å². The zero-order chi connectivity index (χ0) is 18.9. The van der Waals surface area contributed by atoms with Crippen LogP contribution in [0.3, 0.4) is 0 Å². The molecule has 0 spiro atoms. The molecule has 1 fully saturated rings. The Bertz CT molecular complexity index is 696. The molecule has 28 heavy (non-hydrogen) atoms. The minimum Gasteiger partial charge on any atom is -0.459 e. The van der Waals surface area contributed by atoms with E-state index in [0.717, 1.165) is 75.0 Å². The summed E-state index contributed by atoms with van der Waals surface area (Å²) in [5, 5.41) is 4.48. The molecular formula is C21H32IN3O3. The molecule has 0 bridgehead atoms. The molecular weight excluding hydrogens is 469 g/mol. The molecule has 0 radical (unpaired) electrons. The van der Waals surface area contributed by atoms with E-state index in [2.05, 4.69) is 29.3 Å². The van der Waals surface area contributed by atoms with Crippen LogP contribution in [0.2, 0.25) is 0 Å². The molecule has 2 heterocycles. The van der Waals surface area contributed by atoms with Crippen molar-refractivity contribution < 1.29 is 13.9 Å². The number of rotatable bonds is 9. The van der Waals surface area contributed by atoms with Crippen molar-refractivity contribution in [1.29, 1.82) is 0 Å². The van der Waals surface area contributed by atoms with Gasteiger partial charge in [0.2, 0.25) is 0 Å². The van der Waals surface area contributed by atoms with Gasteiger partial charge in [-0.1, -0.05) is 18.2 Å². The number of nitrogens with zero attached hydrogens (tertiary/aromatic N) is 2. The van der Waals surface area contributed by atoms with Crippen LogP contribution in [-0.2, 0) is 16.0 Å². The van der Waals surface area contributed by atoms with Crippen LogP contribution in [0.25, 0.3) is 11.0 Å². The minimum absolute atomic E-state index is 0. The second-order valence-electron chi connectivity index (χ2n) is 7.00. The van der Waals surface area contributed by atoms with Crippen molar-refractivity contribution in [3.05, 3.63) is 36.1 Å². The molecule has 1 saturated heterocycles. The fraction of sp³-hybridized carbons (Fsp3) is 0.571. The van der Waals surface area contributed by atoms with E-state index in [1.54, 1.807) is 0 Å². The van der Waals surface area contributed by atoms with Gasteiger partial charge in [-0.25, -0.2) is 0 Å². The SMILES string of the molecule is CCNC(=NCCCOCC1CCOC1)N(C)Cc1cc2ccccc2o1.I. The summed E-state index contributed by atoms with van der Waals surface area (Å²) in [5.41, 5.74) is 0.924. The zero-order valence-corrected chi connectivity index (χ0v) is 19.2. The van der Waals surface area contributed by atoms with Crippen LogP contribution in [0.4, 0.5) is 0 Å². The monoisotopic (exact) mass is 501 g/mol. The highest BCUT2D eigenvalue weighted by Crippen LogP contribution is 2.19. The molecule has 0 amide bonds. The van der Waals surface area contributed by atoms with Gasteiger partial charge in [-0.3, -0.25) is 4.99 Å². The smallest absolute Gasteiger partial charge is 0.194 e. The standard InChI is InChI=1S/C21H31N3O3.HI/c1-3-22-21(23-10-6-11-25-15-17-9-12-26-16-17)24(2)14-19-13-18-7-4-5-8-20(18)27-19;/h4-5,7-8,13,17H,3,6,9-12,14-16H2,1-2H3,(H,22,23);1H. The molecule has 2 aromatic rings. The average molecular weight is 501 g/mol. The van der Waals surface area contributed by atoms with E-state index in [1.807, 2.05) is 25.2 Å². The summed E-state index contributed by atoms with van der Waals surface area (Å²) in [4.78, 5) is 6.81. The first kappa shape index (κ1) is 23.0. The number of halogens is 1. The maximum Gasteiger partial charge on any atom is 0.194 e. The summed E-state index contributed by atoms with van der Waals surface area (Å²) in [6.45, 7) is 7.60. The lowest BCUT2D eigenvalue weighted by molar-refractivity contribution is 0.0893. The fourth-order valence-corrected chi connectivity index (χ4v) is 3.21. The van der Waals surface area contributed by atoms with Crippen molar-refractivity contribution in [1.82, 2.24) is 10.2 Å². The molecule has 0 saturated carbocycles. The van der Waals surface area contributed by atoms with Crippen molar-refractivity contribution in [2.24, 2.45) is 10.9 Å². The van der Waals surface area contributed by atoms with Gasteiger partial charge in [-0.15, -0.1) is 24.0 Å². The van der Waals surface area contributed by atoms with Crippen LogP contribution in [0.5, 0.6) is 0 Å². The molecule has 1 N–H and O–H groups in total. The fourth-order valence-electron chi connectivity index (χ4n) is 3.21. The summed E-state index contributed by atoms with van der Waals surface area (Å²) in [6.07, 6.45) is 2.04. The second kappa shape index (κ2) is 12.3. The first-order valence-electron chi connectivity index (χ1n) is 9.88. The van der Waals surface area contributed by atoms with Gasteiger partial charge in [0.05, 0.1) is 19.8 Å². The molecule has 7 heteroatoms. The number of guanidine groups is 1. The largest absolute Gasteiger partial charge is 0.459 e. The number of para-hydroxylation sites is 1. The van der Waals surface area contributed by atoms with Crippen LogP contribution in [-0.4, -0.2) is 57.4 Å². The van der Waals surface area contributed by atoms with E-state index in [0.29, 0.717) is 12.5 Å². The molecule has 6 nitrogen and oxygen atoms in total. The van der Waals surface area contributed by atoms with Gasteiger partial charge in [0, 0.05) is 44.7 Å². The Morgan fingerprint density at radius 1 is 1.36 bits per heavy atom. The number of fused-ring (bicyclic) bond motifs is 1. The number of hydrogen-bond acceptors (Lipinski definition) is 4. The highest BCUT2D eigenvalue weighted by Gasteiger charge is 2.15. The summed E-state index contributed by atoms with van der Waals surface area (Å²) < 4.78 is 17.0. The first-order chi connectivity index (χ1) is 13.3. The number of furan rings is 1. The third-order valence-corrected chi connectivity index (χ3v) is 4.65. The molecule has 1 unspecified atom stereocenters. The summed E-state index contributed by atoms with van der Waals surface area (Å²) in [6, 6.07) is 10.2. The van der Waals surface area contributed by atoms with Gasteiger partial charge in [-0.2, -0.15) is 0 Å². The molecule has 0 aliphatic carbocycles. The Labute approximate surface area is 184 Å². The van der Waals surface area contributed by atoms with Crippen molar-refractivity contribution in [3.8, 4) is 0 Å². The highest BCUT2D eigenvalue weighted by molar-refractivity contribution is 14.0. The second-order valence-corrected chi connectivity index (χ2v) is 7.00. The Hall–Kier alpha value is -1.32.